The number of urea groups is 1. The number of fused-ring (bicyclic) bond motifs is 1. The van der Waals surface area contributed by atoms with Gasteiger partial charge in [0.05, 0.1) is 5.71 Å². The molecule has 1 aliphatic rings. The van der Waals surface area contributed by atoms with Crippen LogP contribution in [0.15, 0.2) is 47.6 Å². The zero-order valence-electron chi connectivity index (χ0n) is 13.0. The van der Waals surface area contributed by atoms with Crippen LogP contribution in [0.5, 0.6) is 11.5 Å². The zero-order chi connectivity index (χ0) is 16.9. The molecule has 2 aromatic carbocycles. The standard InChI is InChI=1S/C17H16ClN3O3/c1-11(12-2-7-15-16(10-12)24-9-8-23-15)20-21-17(22)19-14-5-3-13(18)4-6-14/h2-7,10H,8-9H2,1H3,(H2,19,21,22)/b20-11-. The third-order valence-corrected chi connectivity index (χ3v) is 3.64. The fourth-order valence-corrected chi connectivity index (χ4v) is 2.29. The Kier molecular flexibility index (Phi) is 4.86. The highest BCUT2D eigenvalue weighted by molar-refractivity contribution is 6.30. The first-order chi connectivity index (χ1) is 11.6. The van der Waals surface area contributed by atoms with E-state index in [2.05, 4.69) is 15.8 Å². The first-order valence-electron chi connectivity index (χ1n) is 7.39. The first-order valence-corrected chi connectivity index (χ1v) is 7.76. The van der Waals surface area contributed by atoms with Crippen LogP contribution in [0.25, 0.3) is 0 Å². The maximum Gasteiger partial charge on any atom is 0.339 e. The van der Waals surface area contributed by atoms with Gasteiger partial charge in [-0.15, -0.1) is 0 Å². The maximum atomic E-state index is 11.9. The molecule has 2 N–H and O–H groups in total. The highest BCUT2D eigenvalue weighted by Crippen LogP contribution is 2.30. The van der Waals surface area contributed by atoms with Crippen LogP contribution in [0.3, 0.4) is 0 Å². The predicted molar refractivity (Wildman–Crippen MR) is 93.2 cm³/mol. The summed E-state index contributed by atoms with van der Waals surface area (Å²) < 4.78 is 11.0. The second-order valence-electron chi connectivity index (χ2n) is 5.13. The highest BCUT2D eigenvalue weighted by Gasteiger charge is 2.12. The van der Waals surface area contributed by atoms with Gasteiger partial charge < -0.3 is 14.8 Å². The summed E-state index contributed by atoms with van der Waals surface area (Å²) in [4.78, 5) is 11.9. The van der Waals surface area contributed by atoms with Crippen LogP contribution in [0.4, 0.5) is 10.5 Å². The number of benzene rings is 2. The molecule has 6 nitrogen and oxygen atoms in total. The molecule has 1 heterocycles. The van der Waals surface area contributed by atoms with Gasteiger partial charge in [0.25, 0.3) is 0 Å². The summed E-state index contributed by atoms with van der Waals surface area (Å²) in [5.41, 5.74) is 4.58. The minimum atomic E-state index is -0.436. The third kappa shape index (κ3) is 3.97. The average Bonchev–Trinajstić information content (AvgIpc) is 2.61. The molecule has 24 heavy (non-hydrogen) atoms. The van der Waals surface area contributed by atoms with Gasteiger partial charge in [-0.1, -0.05) is 11.6 Å². The number of hydrazone groups is 1. The summed E-state index contributed by atoms with van der Waals surface area (Å²) in [5, 5.41) is 7.36. The van der Waals surface area contributed by atoms with E-state index in [9.17, 15) is 4.79 Å². The van der Waals surface area contributed by atoms with Crippen molar-refractivity contribution in [2.75, 3.05) is 18.5 Å². The lowest BCUT2D eigenvalue weighted by Gasteiger charge is -2.18. The minimum absolute atomic E-state index is 0.436. The third-order valence-electron chi connectivity index (χ3n) is 3.39. The molecule has 0 fully saturated rings. The Labute approximate surface area is 144 Å². The smallest absolute Gasteiger partial charge is 0.339 e. The molecule has 124 valence electrons. The van der Waals surface area contributed by atoms with Gasteiger partial charge in [-0.2, -0.15) is 5.10 Å². The SMILES string of the molecule is C/C(=N/NC(=O)Nc1ccc(Cl)cc1)c1ccc2c(c1)OCCO2. The fourth-order valence-electron chi connectivity index (χ4n) is 2.16. The monoisotopic (exact) mass is 345 g/mol. The minimum Gasteiger partial charge on any atom is -0.486 e. The number of nitrogens with zero attached hydrogens (tertiary/aromatic N) is 1. The van der Waals surface area contributed by atoms with Crippen molar-refractivity contribution in [2.45, 2.75) is 6.92 Å². The lowest BCUT2D eigenvalue weighted by molar-refractivity contribution is 0.171. The van der Waals surface area contributed by atoms with Crippen molar-refractivity contribution < 1.29 is 14.3 Å². The number of ether oxygens (including phenoxy) is 2. The number of nitrogens with one attached hydrogen (secondary N) is 2. The van der Waals surface area contributed by atoms with E-state index in [0.717, 1.165) is 5.56 Å². The Bertz CT molecular complexity index is 775. The van der Waals surface area contributed by atoms with E-state index in [1.54, 1.807) is 31.2 Å². The number of hydrogen-bond donors (Lipinski definition) is 2. The van der Waals surface area contributed by atoms with Crippen molar-refractivity contribution in [3.05, 3.63) is 53.1 Å². The van der Waals surface area contributed by atoms with Crippen LogP contribution >= 0.6 is 11.6 Å². The molecule has 7 heteroatoms. The van der Waals surface area contributed by atoms with Crippen molar-refractivity contribution in [1.82, 2.24) is 5.43 Å². The molecule has 1 aliphatic heterocycles. The van der Waals surface area contributed by atoms with Crippen molar-refractivity contribution in [3.63, 3.8) is 0 Å². The molecule has 2 amide bonds. The molecule has 0 atom stereocenters. The van der Waals surface area contributed by atoms with Gasteiger partial charge in [-0.05, 0) is 49.4 Å². The summed E-state index contributed by atoms with van der Waals surface area (Å²) in [6, 6.07) is 11.9. The molecular formula is C17H16ClN3O3. The van der Waals surface area contributed by atoms with Gasteiger partial charge in [0.1, 0.15) is 13.2 Å². The quantitative estimate of drug-likeness (QED) is 0.658. The number of anilines is 1. The van der Waals surface area contributed by atoms with E-state index >= 15 is 0 Å². The normalized spacial score (nSPS) is 13.3. The first kappa shape index (κ1) is 16.1. The summed E-state index contributed by atoms with van der Waals surface area (Å²) in [6.07, 6.45) is 0. The van der Waals surface area contributed by atoms with E-state index in [4.69, 9.17) is 21.1 Å². The maximum absolute atomic E-state index is 11.9. The lowest BCUT2D eigenvalue weighted by atomic mass is 10.1. The van der Waals surface area contributed by atoms with Crippen molar-refractivity contribution >= 4 is 29.0 Å². The molecule has 0 unspecified atom stereocenters. The van der Waals surface area contributed by atoms with Gasteiger partial charge in [0.15, 0.2) is 11.5 Å². The molecule has 0 saturated heterocycles. The predicted octanol–water partition coefficient (Wildman–Crippen LogP) is 3.66. The number of rotatable bonds is 3. The van der Waals surface area contributed by atoms with Crippen LogP contribution in [0, 0.1) is 0 Å². The molecule has 2 aromatic rings. The summed E-state index contributed by atoms with van der Waals surface area (Å²) in [5.74, 6) is 1.39. The molecule has 0 aliphatic carbocycles. The Morgan fingerprint density at radius 2 is 1.79 bits per heavy atom. The van der Waals surface area contributed by atoms with E-state index in [0.29, 0.717) is 41.1 Å². The number of carbonyl (C=O) groups excluding carboxylic acids is 1. The molecule has 0 radical (unpaired) electrons. The van der Waals surface area contributed by atoms with E-state index in [1.807, 2.05) is 18.2 Å². The van der Waals surface area contributed by atoms with Gasteiger partial charge in [-0.3, -0.25) is 0 Å². The van der Waals surface area contributed by atoms with Gasteiger partial charge in [-0.25, -0.2) is 10.2 Å². The molecule has 0 bridgehead atoms. The lowest BCUT2D eigenvalue weighted by Crippen LogP contribution is -2.25. The van der Waals surface area contributed by atoms with E-state index in [1.165, 1.54) is 0 Å². The van der Waals surface area contributed by atoms with Crippen LogP contribution in [0.2, 0.25) is 5.02 Å². The molecular weight excluding hydrogens is 330 g/mol. The topological polar surface area (TPSA) is 72.0 Å². The van der Waals surface area contributed by atoms with E-state index in [-0.39, 0.29) is 0 Å². The van der Waals surface area contributed by atoms with Crippen LogP contribution < -0.4 is 20.2 Å². The van der Waals surface area contributed by atoms with Gasteiger partial charge in [0, 0.05) is 16.3 Å². The fraction of sp³-hybridized carbons (Fsp3) is 0.176. The molecule has 0 aromatic heterocycles. The summed E-state index contributed by atoms with van der Waals surface area (Å²) in [6.45, 7) is 2.87. The van der Waals surface area contributed by atoms with Crippen LogP contribution in [-0.4, -0.2) is 25.0 Å². The Hall–Kier alpha value is -2.73. The zero-order valence-corrected chi connectivity index (χ0v) is 13.8. The Morgan fingerprint density at radius 3 is 2.54 bits per heavy atom. The average molecular weight is 346 g/mol. The largest absolute Gasteiger partial charge is 0.486 e. The Balaban J connectivity index is 1.63. The summed E-state index contributed by atoms with van der Waals surface area (Å²) >= 11 is 5.80. The van der Waals surface area contributed by atoms with Gasteiger partial charge in [0.2, 0.25) is 0 Å². The summed E-state index contributed by atoms with van der Waals surface area (Å²) in [7, 11) is 0. The highest BCUT2D eigenvalue weighted by atomic mass is 35.5. The molecule has 0 spiro atoms. The number of hydrogen-bond acceptors (Lipinski definition) is 4. The number of halogens is 1. The van der Waals surface area contributed by atoms with Crippen LogP contribution in [-0.2, 0) is 0 Å². The molecule has 0 saturated carbocycles. The van der Waals surface area contributed by atoms with Crippen molar-refractivity contribution in [1.29, 1.82) is 0 Å². The van der Waals surface area contributed by atoms with Gasteiger partial charge >= 0.3 is 6.03 Å². The molecule has 3 rings (SSSR count). The number of carbonyl (C=O) groups is 1. The Morgan fingerprint density at radius 1 is 1.08 bits per heavy atom. The van der Waals surface area contributed by atoms with Crippen molar-refractivity contribution in [3.8, 4) is 11.5 Å². The van der Waals surface area contributed by atoms with Crippen LogP contribution in [0.1, 0.15) is 12.5 Å². The number of amides is 2. The second kappa shape index (κ2) is 7.23. The second-order valence-corrected chi connectivity index (χ2v) is 5.56. The van der Waals surface area contributed by atoms with E-state index < -0.39 is 6.03 Å². The van der Waals surface area contributed by atoms with Crippen molar-refractivity contribution in [2.24, 2.45) is 5.10 Å².